The van der Waals surface area contributed by atoms with Crippen LogP contribution in [0.4, 0.5) is 16.2 Å². The molecule has 1 aliphatic heterocycles. The van der Waals surface area contributed by atoms with Crippen LogP contribution in [-0.2, 0) is 23.4 Å². The van der Waals surface area contributed by atoms with E-state index in [2.05, 4.69) is 25.4 Å². The minimum atomic E-state index is -4.32. The molecule has 0 spiro atoms. The molecule has 3 aromatic rings. The molecule has 0 radical (unpaired) electrons. The number of fused-ring (bicyclic) bond motifs is 1. The number of terminal acetylenes is 1. The predicted octanol–water partition coefficient (Wildman–Crippen LogP) is 2.33. The van der Waals surface area contributed by atoms with Gasteiger partial charge in [-0.2, -0.15) is 15.1 Å². The number of para-hydroxylation sites is 1. The first-order valence-electron chi connectivity index (χ1n) is 13.3. The van der Waals surface area contributed by atoms with Crippen molar-refractivity contribution in [1.29, 1.82) is 0 Å². The molecule has 1 aromatic carbocycles. The van der Waals surface area contributed by atoms with Crippen molar-refractivity contribution in [2.75, 3.05) is 24.3 Å². The maximum Gasteiger partial charge on any atom is 0.459 e. The van der Waals surface area contributed by atoms with E-state index < -0.39 is 50.5 Å². The number of nitrogens with zero attached hydrogens (tertiary/aromatic N) is 4. The molecular weight excluding hydrogens is 572 g/mol. The molecule has 0 bridgehead atoms. The molecule has 1 aliphatic carbocycles. The van der Waals surface area contributed by atoms with Crippen LogP contribution in [0.5, 0.6) is 5.75 Å². The van der Waals surface area contributed by atoms with Crippen LogP contribution in [0.1, 0.15) is 32.9 Å². The number of nitrogens with one attached hydrogen (secondary N) is 2. The summed E-state index contributed by atoms with van der Waals surface area (Å²) in [5, 5.41) is 16.7. The smallest absolute Gasteiger partial charge is 0.459 e. The van der Waals surface area contributed by atoms with Crippen LogP contribution in [0.15, 0.2) is 36.7 Å². The Kier molecular flexibility index (Phi) is 8.36. The van der Waals surface area contributed by atoms with Crippen LogP contribution in [-0.4, -0.2) is 73.8 Å². The van der Waals surface area contributed by atoms with Crippen molar-refractivity contribution in [1.82, 2.24) is 24.6 Å². The van der Waals surface area contributed by atoms with E-state index >= 15 is 4.39 Å². The largest absolute Gasteiger partial charge is 0.465 e. The molecule has 1 saturated carbocycles. The van der Waals surface area contributed by atoms with E-state index in [1.165, 1.54) is 30.0 Å². The lowest BCUT2D eigenvalue weighted by Gasteiger charge is -2.25. The third kappa shape index (κ3) is 6.04. The van der Waals surface area contributed by atoms with Crippen molar-refractivity contribution in [2.24, 2.45) is 0 Å². The number of carbonyl (C=O) groups is 1. The number of nitrogens with two attached hydrogens (primary N) is 1. The number of hydrogen-bond acceptors (Lipinski definition) is 12. The van der Waals surface area contributed by atoms with E-state index in [0.717, 1.165) is 12.8 Å². The molecule has 2 fully saturated rings. The van der Waals surface area contributed by atoms with Crippen LogP contribution in [0.25, 0.3) is 11.2 Å². The van der Waals surface area contributed by atoms with E-state index in [9.17, 15) is 14.5 Å². The van der Waals surface area contributed by atoms with Gasteiger partial charge < -0.3 is 30.2 Å². The molecule has 16 heteroatoms. The number of rotatable bonds is 12. The Morgan fingerprint density at radius 3 is 2.79 bits per heavy atom. The fourth-order valence-corrected chi connectivity index (χ4v) is 5.88. The maximum absolute atomic E-state index is 16.2. The summed E-state index contributed by atoms with van der Waals surface area (Å²) < 4.78 is 53.2. The van der Waals surface area contributed by atoms with Gasteiger partial charge in [0.2, 0.25) is 11.6 Å². The molecule has 0 amide bonds. The number of hydrogen-bond donors (Lipinski definition) is 4. The number of aliphatic hydroxyl groups is 1. The van der Waals surface area contributed by atoms with Gasteiger partial charge in [0.05, 0.1) is 19.5 Å². The number of anilines is 2. The fourth-order valence-electron chi connectivity index (χ4n) is 4.38. The molecule has 6 atom stereocenters. The van der Waals surface area contributed by atoms with Crippen molar-refractivity contribution in [3.8, 4) is 18.1 Å². The van der Waals surface area contributed by atoms with Gasteiger partial charge in [-0.25, -0.2) is 13.9 Å². The van der Waals surface area contributed by atoms with E-state index in [1.807, 2.05) is 5.92 Å². The van der Waals surface area contributed by atoms with Crippen LogP contribution in [0, 0.1) is 12.3 Å². The normalized spacial score (nSPS) is 25.8. The quantitative estimate of drug-likeness (QED) is 0.134. The molecule has 2 aliphatic rings. The third-order valence-electron chi connectivity index (χ3n) is 6.65. The second-order valence-corrected chi connectivity index (χ2v) is 11.6. The number of alkyl halides is 1. The van der Waals surface area contributed by atoms with E-state index in [4.69, 9.17) is 30.7 Å². The Bertz CT molecular complexity index is 1530. The standard InChI is InChI=1S/C26H31FN7O7P/c1-4-26(27)20(35)18(13-39-42(37,33-15(3)23(36)38-5-2)41-17-9-7-6-8-10-17)40-24(26)34-14-29-19-21(30-16-11-12-16)31-25(28)32-22(19)34/h1,6-10,14-16,18,20,24,35H,5,11-13H2,2-3H3,(H,33,37)(H3,28,30,31,32)/t15-,18+,20+,24+,26+,42-/m0/s1. The topological polar surface area (TPSA) is 185 Å². The summed E-state index contributed by atoms with van der Waals surface area (Å²) >= 11 is 0. The van der Waals surface area contributed by atoms with Gasteiger partial charge in [-0.1, -0.05) is 24.1 Å². The van der Waals surface area contributed by atoms with Crippen LogP contribution < -0.4 is 20.7 Å². The van der Waals surface area contributed by atoms with Gasteiger partial charge in [-0.05, 0) is 38.8 Å². The van der Waals surface area contributed by atoms with Gasteiger partial charge in [0, 0.05) is 6.04 Å². The zero-order chi connectivity index (χ0) is 30.1. The van der Waals surface area contributed by atoms with E-state index in [0.29, 0.717) is 11.3 Å². The maximum atomic E-state index is 16.2. The Morgan fingerprint density at radius 1 is 1.38 bits per heavy atom. The van der Waals surface area contributed by atoms with Crippen molar-refractivity contribution >= 4 is 36.6 Å². The second kappa shape index (κ2) is 11.8. The summed E-state index contributed by atoms with van der Waals surface area (Å²) in [5.41, 5.74) is 3.57. The zero-order valence-corrected chi connectivity index (χ0v) is 23.7. The number of ether oxygens (including phenoxy) is 2. The monoisotopic (exact) mass is 603 g/mol. The van der Waals surface area contributed by atoms with Crippen molar-refractivity contribution < 1.29 is 37.4 Å². The molecule has 14 nitrogen and oxygen atoms in total. The number of aromatic nitrogens is 4. The van der Waals surface area contributed by atoms with Crippen molar-refractivity contribution in [3.05, 3.63) is 36.7 Å². The highest BCUT2D eigenvalue weighted by molar-refractivity contribution is 7.52. The summed E-state index contributed by atoms with van der Waals surface area (Å²) in [5.74, 6) is 1.73. The number of nitrogen functional groups attached to an aromatic ring is 1. The minimum Gasteiger partial charge on any atom is -0.465 e. The first kappa shape index (κ1) is 29.7. The van der Waals surface area contributed by atoms with Gasteiger partial charge in [0.25, 0.3) is 0 Å². The molecule has 3 heterocycles. The van der Waals surface area contributed by atoms with Gasteiger partial charge in [-0.3, -0.25) is 13.9 Å². The van der Waals surface area contributed by atoms with Gasteiger partial charge in [0.15, 0.2) is 23.2 Å². The van der Waals surface area contributed by atoms with Crippen LogP contribution >= 0.6 is 7.75 Å². The summed E-state index contributed by atoms with van der Waals surface area (Å²) in [6.07, 6.45) is 3.77. The first-order chi connectivity index (χ1) is 20.1. The van der Waals surface area contributed by atoms with Gasteiger partial charge >= 0.3 is 13.7 Å². The lowest BCUT2D eigenvalue weighted by Crippen LogP contribution is -2.42. The number of aliphatic hydroxyl groups excluding tert-OH is 1. The minimum absolute atomic E-state index is 0.0863. The Morgan fingerprint density at radius 2 is 2.12 bits per heavy atom. The number of imidazole rings is 1. The second-order valence-electron chi connectivity index (χ2n) is 9.86. The summed E-state index contributed by atoms with van der Waals surface area (Å²) in [7, 11) is -4.32. The molecule has 2 aromatic heterocycles. The van der Waals surface area contributed by atoms with Crippen molar-refractivity contribution in [3.63, 3.8) is 0 Å². The summed E-state index contributed by atoms with van der Waals surface area (Å²) in [6, 6.07) is 7.18. The Hall–Kier alpha value is -3.80. The van der Waals surface area contributed by atoms with Gasteiger partial charge in [-0.15, -0.1) is 6.42 Å². The lowest BCUT2D eigenvalue weighted by molar-refractivity contribution is -0.144. The number of benzene rings is 1. The molecule has 5 rings (SSSR count). The highest BCUT2D eigenvalue weighted by atomic mass is 31.2. The SMILES string of the molecule is C#C[C@@]1(F)[C@H](O)[C@@H](CO[P@@](=O)(N[C@@H](C)C(=O)OCC)Oc2ccccc2)O[C@H]1n1cnc2c(NC3CC3)nc(N)nc21. The molecule has 224 valence electrons. The molecule has 42 heavy (non-hydrogen) atoms. The molecule has 5 N–H and O–H groups in total. The summed E-state index contributed by atoms with van der Waals surface area (Å²) in [4.78, 5) is 24.9. The van der Waals surface area contributed by atoms with Gasteiger partial charge in [0.1, 0.15) is 24.0 Å². The number of carbonyl (C=O) groups excluding carboxylic acids is 1. The Labute approximate surface area is 240 Å². The number of halogens is 1. The fraction of sp³-hybridized carbons (Fsp3) is 0.462. The van der Waals surface area contributed by atoms with Crippen LogP contribution in [0.2, 0.25) is 0 Å². The van der Waals surface area contributed by atoms with Crippen molar-refractivity contribution in [2.45, 2.75) is 62.9 Å². The predicted molar refractivity (Wildman–Crippen MR) is 149 cm³/mol. The number of esters is 1. The lowest BCUT2D eigenvalue weighted by atomic mass is 9.97. The highest BCUT2D eigenvalue weighted by Crippen LogP contribution is 2.48. The average molecular weight is 604 g/mol. The molecule has 0 unspecified atom stereocenters. The molecular formula is C26H31FN7O7P. The van der Waals surface area contributed by atoms with E-state index in [1.54, 1.807) is 25.1 Å². The molecule has 1 saturated heterocycles. The first-order valence-corrected chi connectivity index (χ1v) is 14.8. The summed E-state index contributed by atoms with van der Waals surface area (Å²) in [6.45, 7) is 2.49. The highest BCUT2D eigenvalue weighted by Gasteiger charge is 2.58. The average Bonchev–Trinajstić information content (AvgIpc) is 3.62. The third-order valence-corrected chi connectivity index (χ3v) is 8.29. The van der Waals surface area contributed by atoms with Crippen LogP contribution in [0.3, 0.4) is 0 Å². The zero-order valence-electron chi connectivity index (χ0n) is 22.8. The van der Waals surface area contributed by atoms with E-state index in [-0.39, 0.29) is 30.0 Å². The Balaban J connectivity index is 1.39.